The number of nitrogens with zero attached hydrogens (tertiary/aromatic N) is 1. The minimum Gasteiger partial charge on any atom is 0 e. The molecule has 5 aromatic rings. The first-order chi connectivity index (χ1) is 20.3. The molecular formula is C38H40GeIrNO2Si-. The molecule has 227 valence electrons. The summed E-state index contributed by atoms with van der Waals surface area (Å²) in [5.41, 5.74) is 8.94. The summed E-state index contributed by atoms with van der Waals surface area (Å²) in [6.45, 7) is 12.3. The van der Waals surface area contributed by atoms with Gasteiger partial charge in [0.05, 0.1) is 5.76 Å². The molecule has 4 aromatic carbocycles. The fourth-order valence-corrected chi connectivity index (χ4v) is 14.3. The zero-order valence-corrected chi connectivity index (χ0v) is 32.3. The molecule has 0 saturated carbocycles. The maximum Gasteiger partial charge on any atom is 0 e. The number of allylic oxidation sites excluding steroid dienone is 2. The van der Waals surface area contributed by atoms with E-state index in [4.69, 9.17) is 10.1 Å². The van der Waals surface area contributed by atoms with Crippen molar-refractivity contribution in [3.63, 3.8) is 0 Å². The first kappa shape index (κ1) is 33.8. The van der Waals surface area contributed by atoms with E-state index < -0.39 is 21.3 Å². The number of aromatic nitrogens is 1. The molecule has 3 nitrogen and oxygen atoms in total. The largest absolute Gasteiger partial charge is 0 e. The van der Waals surface area contributed by atoms with Gasteiger partial charge in [-0.15, -0.1) is 0 Å². The summed E-state index contributed by atoms with van der Waals surface area (Å²) < 4.78 is 3.05. The molecule has 0 unspecified atom stereocenters. The number of pyridine rings is 1. The van der Waals surface area contributed by atoms with Crippen LogP contribution in [0.1, 0.15) is 19.4 Å². The maximum absolute atomic E-state index is 10.0. The number of aryl methyl sites for hydroxylation is 1. The van der Waals surface area contributed by atoms with E-state index in [2.05, 4.69) is 123 Å². The van der Waals surface area contributed by atoms with Gasteiger partial charge < -0.3 is 5.11 Å². The van der Waals surface area contributed by atoms with E-state index in [0.717, 1.165) is 16.6 Å². The fraction of sp³-hybridized carbons (Fsp3) is 0.211. The molecule has 6 rings (SSSR count). The van der Waals surface area contributed by atoms with Crippen molar-refractivity contribution in [1.29, 1.82) is 0 Å². The monoisotopic (exact) mass is 837 g/mol. The molecule has 0 saturated heterocycles. The summed E-state index contributed by atoms with van der Waals surface area (Å²) in [6.07, 6.45) is 3.16. The number of rotatable bonds is 4. The van der Waals surface area contributed by atoms with Gasteiger partial charge >= 0.3 is 219 Å². The van der Waals surface area contributed by atoms with Gasteiger partial charge in [0.1, 0.15) is 0 Å². The molecule has 1 aliphatic heterocycles. The minimum atomic E-state index is -2.61. The van der Waals surface area contributed by atoms with E-state index >= 15 is 0 Å². The van der Waals surface area contributed by atoms with Crippen LogP contribution in [0.3, 0.4) is 0 Å². The number of carbonyl (C=O) groups is 1. The zero-order chi connectivity index (χ0) is 31.1. The van der Waals surface area contributed by atoms with Crippen LogP contribution >= 0.6 is 0 Å². The van der Waals surface area contributed by atoms with Gasteiger partial charge in [0.2, 0.25) is 0 Å². The van der Waals surface area contributed by atoms with Crippen molar-refractivity contribution in [3.8, 4) is 33.5 Å². The molecule has 2 heterocycles. The van der Waals surface area contributed by atoms with Crippen molar-refractivity contribution in [2.45, 2.75) is 51.9 Å². The summed E-state index contributed by atoms with van der Waals surface area (Å²) in [4.78, 5) is 15.0. The van der Waals surface area contributed by atoms with Crippen LogP contribution in [0.4, 0.5) is 0 Å². The van der Waals surface area contributed by atoms with Gasteiger partial charge in [0.25, 0.3) is 0 Å². The van der Waals surface area contributed by atoms with Crippen LogP contribution in [-0.4, -0.2) is 37.2 Å². The predicted octanol–water partition coefficient (Wildman–Crippen LogP) is 8.06. The SMILES string of the molecule is CC(=O)/C=C(/C)O.Cc1cc(-c2nccc3[c]2[Ge]([CH3])([CH3])[c]2cc(-c4ccc([Si](C)(C)C)cc4)ccc2-3)[c-]c2ccccc12.[Ir]. The van der Waals surface area contributed by atoms with E-state index in [1.807, 2.05) is 6.20 Å². The van der Waals surface area contributed by atoms with Crippen LogP contribution in [0, 0.1) is 13.0 Å². The van der Waals surface area contributed by atoms with E-state index in [1.165, 1.54) is 62.7 Å². The first-order valence-corrected chi connectivity index (χ1v) is 24.6. The third-order valence-electron chi connectivity index (χ3n) is 8.29. The van der Waals surface area contributed by atoms with Crippen LogP contribution in [0.25, 0.3) is 44.3 Å². The summed E-state index contributed by atoms with van der Waals surface area (Å²) in [7, 11) is -1.30. The van der Waals surface area contributed by atoms with Crippen molar-refractivity contribution < 1.29 is 30.0 Å². The number of hydrogen-bond acceptors (Lipinski definition) is 3. The molecule has 44 heavy (non-hydrogen) atoms. The molecular weight excluding hydrogens is 795 g/mol. The Hall–Kier alpha value is -3.09. The van der Waals surface area contributed by atoms with Crippen LogP contribution in [0.15, 0.2) is 96.9 Å². The van der Waals surface area contributed by atoms with Gasteiger partial charge in [0.15, 0.2) is 5.78 Å². The molecule has 0 amide bonds. The molecule has 0 atom stereocenters. The first-order valence-electron chi connectivity index (χ1n) is 14.8. The standard InChI is InChI=1S/C33H32GeNSi.C5H8O2.Ir/c1-22-19-26(20-25-9-7-8-10-28(22)25)33-32-30(17-18-35-33)29-16-13-24(21-31(29)34(32,2)3)23-11-14-27(15-12-23)36(4,5)6;1-4(6)3-5(2)7;/h7-19,21H,1-6H3;3,6H,1-2H3;/q-1;;/b;4-3-;. The number of aliphatic hydroxyl groups is 1. The summed E-state index contributed by atoms with van der Waals surface area (Å²) in [5.74, 6) is 5.00. The molecule has 0 aliphatic carbocycles. The van der Waals surface area contributed by atoms with Crippen molar-refractivity contribution in [2.24, 2.45) is 0 Å². The fourth-order valence-electron chi connectivity index (χ4n) is 6.13. The van der Waals surface area contributed by atoms with Gasteiger partial charge in [-0.25, -0.2) is 0 Å². The van der Waals surface area contributed by atoms with E-state index in [-0.39, 0.29) is 31.6 Å². The molecule has 0 fully saturated rings. The predicted molar refractivity (Wildman–Crippen MR) is 188 cm³/mol. The molecule has 1 aromatic heterocycles. The Balaban J connectivity index is 0.000000497. The Kier molecular flexibility index (Phi) is 10.1. The normalized spacial score (nSPS) is 13.3. The van der Waals surface area contributed by atoms with Gasteiger partial charge in [0, 0.05) is 26.2 Å². The summed E-state index contributed by atoms with van der Waals surface area (Å²) >= 11 is -2.61. The number of carbonyl (C=O) groups excluding carboxylic acids is 1. The van der Waals surface area contributed by atoms with E-state index in [0.29, 0.717) is 0 Å². The minimum absolute atomic E-state index is 0. The molecule has 1 N–H and O–H groups in total. The Labute approximate surface area is 279 Å². The van der Waals surface area contributed by atoms with Crippen LogP contribution in [0.2, 0.25) is 31.2 Å². The van der Waals surface area contributed by atoms with Crippen molar-refractivity contribution in [3.05, 3.63) is 109 Å². The van der Waals surface area contributed by atoms with Crippen LogP contribution < -0.4 is 14.0 Å². The quantitative estimate of drug-likeness (QED) is 0.0864. The molecule has 1 radical (unpaired) electrons. The molecule has 1 aliphatic rings. The van der Waals surface area contributed by atoms with Crippen molar-refractivity contribution >= 4 is 51.9 Å². The Bertz CT molecular complexity index is 1880. The van der Waals surface area contributed by atoms with E-state index in [9.17, 15) is 4.79 Å². The van der Waals surface area contributed by atoms with Crippen molar-refractivity contribution in [1.82, 2.24) is 4.98 Å². The zero-order valence-electron chi connectivity index (χ0n) is 26.8. The summed E-state index contributed by atoms with van der Waals surface area (Å²) in [5, 5.41) is 12.3. The van der Waals surface area contributed by atoms with Gasteiger partial charge in [-0.2, -0.15) is 0 Å². The van der Waals surface area contributed by atoms with Gasteiger partial charge in [-0.3, -0.25) is 4.79 Å². The third kappa shape index (κ3) is 6.77. The van der Waals surface area contributed by atoms with Crippen molar-refractivity contribution in [2.75, 3.05) is 0 Å². The number of hydrogen-bond donors (Lipinski definition) is 1. The number of benzene rings is 4. The number of ketones is 1. The van der Waals surface area contributed by atoms with Gasteiger partial charge in [-0.1, -0.05) is 0 Å². The third-order valence-corrected chi connectivity index (χ3v) is 17.7. The number of aliphatic hydroxyl groups excluding tert-OH is 1. The average Bonchev–Trinajstić information content (AvgIpc) is 3.18. The molecule has 0 bridgehead atoms. The second kappa shape index (κ2) is 13.1. The second-order valence-electron chi connectivity index (χ2n) is 13.1. The molecule has 6 heteroatoms. The second-order valence-corrected chi connectivity index (χ2v) is 27.2. The average molecular weight is 836 g/mol. The van der Waals surface area contributed by atoms with Crippen LogP contribution in [-0.2, 0) is 24.9 Å². The topological polar surface area (TPSA) is 50.2 Å². The number of fused-ring (bicyclic) bond motifs is 4. The Morgan fingerprint density at radius 3 is 2.16 bits per heavy atom. The van der Waals surface area contributed by atoms with Gasteiger partial charge in [-0.05, 0) is 13.8 Å². The van der Waals surface area contributed by atoms with E-state index in [1.54, 1.807) is 4.40 Å². The summed E-state index contributed by atoms with van der Waals surface area (Å²) in [6, 6.07) is 33.2. The smallest absolute Gasteiger partial charge is 0 e. The Morgan fingerprint density at radius 2 is 1.55 bits per heavy atom. The Morgan fingerprint density at radius 1 is 0.886 bits per heavy atom. The maximum atomic E-state index is 10.0. The molecule has 0 spiro atoms. The van der Waals surface area contributed by atoms with Crippen LogP contribution in [0.5, 0.6) is 0 Å².